The molecule has 0 aliphatic rings. The maximum atomic E-state index is 9.98. The Morgan fingerprint density at radius 2 is 1.71 bits per heavy atom. The molecular weight excluding hydrogens is 212 g/mol. The number of hydrogen-bond donors (Lipinski definition) is 2. The summed E-state index contributed by atoms with van der Waals surface area (Å²) in [6, 6.07) is 4.98. The standard InChI is InChI=1S/C15H24O2/c1-5-11(3)10-15(4,6-2)14-12(16)8-7-9-13(14)17/h7-9,11,16-17H,5-6,10H2,1-4H3. The number of benzene rings is 1. The predicted octanol–water partition coefficient (Wildman–Crippen LogP) is 4.20. The smallest absolute Gasteiger partial charge is 0.123 e. The van der Waals surface area contributed by atoms with Gasteiger partial charge in [-0.3, -0.25) is 0 Å². The first kappa shape index (κ1) is 13.9. The van der Waals surface area contributed by atoms with Crippen LogP contribution in [-0.4, -0.2) is 10.2 Å². The van der Waals surface area contributed by atoms with Gasteiger partial charge in [0, 0.05) is 5.56 Å². The maximum absolute atomic E-state index is 9.98. The van der Waals surface area contributed by atoms with E-state index in [1.165, 1.54) is 0 Å². The number of rotatable bonds is 5. The Morgan fingerprint density at radius 3 is 2.12 bits per heavy atom. The zero-order valence-electron chi connectivity index (χ0n) is 11.3. The van der Waals surface area contributed by atoms with E-state index in [1.54, 1.807) is 18.2 Å². The Kier molecular flexibility index (Phi) is 4.44. The minimum Gasteiger partial charge on any atom is -0.508 e. The van der Waals surface area contributed by atoms with E-state index in [0.717, 1.165) is 19.3 Å². The van der Waals surface area contributed by atoms with Crippen molar-refractivity contribution >= 4 is 0 Å². The molecule has 96 valence electrons. The van der Waals surface area contributed by atoms with Crippen LogP contribution in [0.4, 0.5) is 0 Å². The predicted molar refractivity (Wildman–Crippen MR) is 71.5 cm³/mol. The van der Waals surface area contributed by atoms with Gasteiger partial charge in [-0.2, -0.15) is 0 Å². The minimum absolute atomic E-state index is 0.162. The van der Waals surface area contributed by atoms with Crippen molar-refractivity contribution in [3.63, 3.8) is 0 Å². The van der Waals surface area contributed by atoms with Gasteiger partial charge in [0.1, 0.15) is 11.5 Å². The molecule has 0 spiro atoms. The SMILES string of the molecule is CCC(C)CC(C)(CC)c1c(O)cccc1O. The minimum atomic E-state index is -0.162. The molecule has 0 aromatic heterocycles. The molecule has 0 radical (unpaired) electrons. The second kappa shape index (κ2) is 5.44. The van der Waals surface area contributed by atoms with Gasteiger partial charge >= 0.3 is 0 Å². The molecule has 0 aliphatic carbocycles. The molecule has 0 bridgehead atoms. The zero-order chi connectivity index (χ0) is 13.1. The molecule has 0 saturated carbocycles. The third-order valence-corrected chi connectivity index (χ3v) is 3.90. The van der Waals surface area contributed by atoms with Crippen LogP contribution in [0.15, 0.2) is 18.2 Å². The molecule has 0 amide bonds. The van der Waals surface area contributed by atoms with Crippen LogP contribution < -0.4 is 0 Å². The number of phenolic OH excluding ortho intramolecular Hbond substituents is 2. The van der Waals surface area contributed by atoms with E-state index in [0.29, 0.717) is 11.5 Å². The van der Waals surface area contributed by atoms with Crippen LogP contribution in [0.1, 0.15) is 52.5 Å². The normalized spacial score (nSPS) is 16.5. The molecule has 0 fully saturated rings. The summed E-state index contributed by atoms with van der Waals surface area (Å²) >= 11 is 0. The Labute approximate surface area is 104 Å². The highest BCUT2D eigenvalue weighted by Gasteiger charge is 2.31. The van der Waals surface area contributed by atoms with Gasteiger partial charge in [-0.15, -0.1) is 0 Å². The van der Waals surface area contributed by atoms with Crippen LogP contribution in [0.5, 0.6) is 11.5 Å². The molecule has 0 aliphatic heterocycles. The molecular formula is C15H24O2. The van der Waals surface area contributed by atoms with Crippen molar-refractivity contribution in [2.75, 3.05) is 0 Å². The van der Waals surface area contributed by atoms with Crippen LogP contribution in [0.2, 0.25) is 0 Å². The summed E-state index contributed by atoms with van der Waals surface area (Å²) in [5, 5.41) is 20.0. The van der Waals surface area contributed by atoms with Crippen molar-refractivity contribution in [1.82, 2.24) is 0 Å². The van der Waals surface area contributed by atoms with Crippen LogP contribution in [0.25, 0.3) is 0 Å². The Morgan fingerprint density at radius 1 is 1.18 bits per heavy atom. The lowest BCUT2D eigenvalue weighted by Gasteiger charge is -2.32. The Bertz CT molecular complexity index is 353. The quantitative estimate of drug-likeness (QED) is 0.804. The van der Waals surface area contributed by atoms with Crippen LogP contribution in [0, 0.1) is 5.92 Å². The molecule has 1 rings (SSSR count). The second-order valence-electron chi connectivity index (χ2n) is 5.30. The van der Waals surface area contributed by atoms with Crippen LogP contribution in [0.3, 0.4) is 0 Å². The zero-order valence-corrected chi connectivity index (χ0v) is 11.3. The van der Waals surface area contributed by atoms with Gasteiger partial charge in [-0.05, 0) is 36.3 Å². The molecule has 1 aromatic rings. The Balaban J connectivity index is 3.16. The molecule has 2 N–H and O–H groups in total. The summed E-state index contributed by atoms with van der Waals surface area (Å²) in [6.45, 7) is 8.61. The van der Waals surface area contributed by atoms with Crippen molar-refractivity contribution < 1.29 is 10.2 Å². The first-order chi connectivity index (χ1) is 7.94. The van der Waals surface area contributed by atoms with E-state index in [2.05, 4.69) is 27.7 Å². The molecule has 0 saturated heterocycles. The van der Waals surface area contributed by atoms with E-state index in [-0.39, 0.29) is 16.9 Å². The lowest BCUT2D eigenvalue weighted by molar-refractivity contribution is 0.311. The molecule has 0 heterocycles. The van der Waals surface area contributed by atoms with Crippen molar-refractivity contribution in [1.29, 1.82) is 0 Å². The van der Waals surface area contributed by atoms with Crippen LogP contribution >= 0.6 is 0 Å². The maximum Gasteiger partial charge on any atom is 0.123 e. The summed E-state index contributed by atoms with van der Waals surface area (Å²) < 4.78 is 0. The lowest BCUT2D eigenvalue weighted by atomic mass is 9.72. The average Bonchev–Trinajstić information content (AvgIpc) is 2.28. The summed E-state index contributed by atoms with van der Waals surface area (Å²) in [5.41, 5.74) is 0.535. The molecule has 2 heteroatoms. The van der Waals surface area contributed by atoms with Gasteiger partial charge in [0.05, 0.1) is 0 Å². The summed E-state index contributed by atoms with van der Waals surface area (Å²) in [5.74, 6) is 0.995. The van der Waals surface area contributed by atoms with E-state index in [4.69, 9.17) is 0 Å². The number of aromatic hydroxyl groups is 2. The first-order valence-corrected chi connectivity index (χ1v) is 6.46. The highest BCUT2D eigenvalue weighted by atomic mass is 16.3. The highest BCUT2D eigenvalue weighted by Crippen LogP contribution is 2.44. The average molecular weight is 236 g/mol. The van der Waals surface area contributed by atoms with Crippen molar-refractivity contribution in [2.45, 2.75) is 52.4 Å². The highest BCUT2D eigenvalue weighted by molar-refractivity contribution is 5.48. The van der Waals surface area contributed by atoms with Gasteiger partial charge in [-0.25, -0.2) is 0 Å². The van der Waals surface area contributed by atoms with Gasteiger partial charge in [0.15, 0.2) is 0 Å². The van der Waals surface area contributed by atoms with Crippen molar-refractivity contribution in [3.05, 3.63) is 23.8 Å². The third-order valence-electron chi connectivity index (χ3n) is 3.90. The fourth-order valence-corrected chi connectivity index (χ4v) is 2.48. The Hall–Kier alpha value is -1.18. The third kappa shape index (κ3) is 2.93. The molecule has 2 nitrogen and oxygen atoms in total. The molecule has 2 unspecified atom stereocenters. The number of hydrogen-bond acceptors (Lipinski definition) is 2. The van der Waals surface area contributed by atoms with Gasteiger partial charge in [-0.1, -0.05) is 40.2 Å². The van der Waals surface area contributed by atoms with Crippen molar-refractivity contribution in [2.24, 2.45) is 5.92 Å². The topological polar surface area (TPSA) is 40.5 Å². The van der Waals surface area contributed by atoms with Gasteiger partial charge in [0.2, 0.25) is 0 Å². The fourth-order valence-electron chi connectivity index (χ4n) is 2.48. The van der Waals surface area contributed by atoms with Gasteiger partial charge < -0.3 is 10.2 Å². The molecule has 17 heavy (non-hydrogen) atoms. The monoisotopic (exact) mass is 236 g/mol. The first-order valence-electron chi connectivity index (χ1n) is 6.46. The van der Waals surface area contributed by atoms with Gasteiger partial charge in [0.25, 0.3) is 0 Å². The van der Waals surface area contributed by atoms with E-state index in [1.807, 2.05) is 0 Å². The second-order valence-corrected chi connectivity index (χ2v) is 5.30. The molecule has 2 atom stereocenters. The summed E-state index contributed by atoms with van der Waals surface area (Å²) in [4.78, 5) is 0. The summed E-state index contributed by atoms with van der Waals surface area (Å²) in [6.07, 6.45) is 3.00. The summed E-state index contributed by atoms with van der Waals surface area (Å²) in [7, 11) is 0. The van der Waals surface area contributed by atoms with E-state index < -0.39 is 0 Å². The van der Waals surface area contributed by atoms with E-state index >= 15 is 0 Å². The lowest BCUT2D eigenvalue weighted by Crippen LogP contribution is -2.24. The van der Waals surface area contributed by atoms with E-state index in [9.17, 15) is 10.2 Å². The largest absolute Gasteiger partial charge is 0.508 e. The number of phenols is 2. The van der Waals surface area contributed by atoms with Crippen LogP contribution in [-0.2, 0) is 5.41 Å². The molecule has 1 aromatic carbocycles. The van der Waals surface area contributed by atoms with Crippen molar-refractivity contribution in [3.8, 4) is 11.5 Å². The fraction of sp³-hybridized carbons (Fsp3) is 0.600.